The molecule has 0 aromatic carbocycles. The summed E-state index contributed by atoms with van der Waals surface area (Å²) in [5.41, 5.74) is 0. The zero-order valence-corrected chi connectivity index (χ0v) is 6.02. The van der Waals surface area contributed by atoms with Crippen molar-refractivity contribution in [2.75, 3.05) is 0 Å². The number of pyridine rings is 1. The molecule has 0 saturated heterocycles. The normalized spacial score (nSPS) is 9.25. The first-order chi connectivity index (χ1) is 3.79. The SMILES string of the molecule is Fc1[c]ncc(I)c1. The molecule has 3 heteroatoms. The van der Waals surface area contributed by atoms with Crippen molar-refractivity contribution in [3.05, 3.63) is 27.8 Å². The third kappa shape index (κ3) is 1.40. The van der Waals surface area contributed by atoms with E-state index >= 15 is 0 Å². The van der Waals surface area contributed by atoms with Crippen molar-refractivity contribution in [3.8, 4) is 0 Å². The van der Waals surface area contributed by atoms with E-state index in [0.29, 0.717) is 0 Å². The summed E-state index contributed by atoms with van der Waals surface area (Å²) in [4.78, 5) is 3.48. The van der Waals surface area contributed by atoms with Gasteiger partial charge in [-0.2, -0.15) is 0 Å². The van der Waals surface area contributed by atoms with E-state index in [4.69, 9.17) is 0 Å². The van der Waals surface area contributed by atoms with Crippen LogP contribution in [0.1, 0.15) is 0 Å². The standard InChI is InChI=1S/C5H2FIN/c6-4-1-5(7)3-8-2-4/h1,3H. The second kappa shape index (κ2) is 2.39. The van der Waals surface area contributed by atoms with E-state index in [1.807, 2.05) is 22.6 Å². The van der Waals surface area contributed by atoms with Crippen molar-refractivity contribution in [1.29, 1.82) is 0 Å². The van der Waals surface area contributed by atoms with E-state index in [9.17, 15) is 4.39 Å². The van der Waals surface area contributed by atoms with Gasteiger partial charge >= 0.3 is 0 Å². The van der Waals surface area contributed by atoms with E-state index in [1.165, 1.54) is 6.07 Å². The molecule has 0 unspecified atom stereocenters. The predicted octanol–water partition coefficient (Wildman–Crippen LogP) is 1.63. The van der Waals surface area contributed by atoms with Gasteiger partial charge in [0.1, 0.15) is 6.20 Å². The molecule has 0 aliphatic heterocycles. The van der Waals surface area contributed by atoms with Crippen LogP contribution in [0.4, 0.5) is 4.39 Å². The Bertz CT molecular complexity index is 172. The van der Waals surface area contributed by atoms with Crippen LogP contribution in [0.15, 0.2) is 12.3 Å². The maximum Gasteiger partial charge on any atom is 0.152 e. The molecule has 0 atom stereocenters. The number of hydrogen-bond donors (Lipinski definition) is 0. The Balaban J connectivity index is 3.08. The molecule has 1 nitrogen and oxygen atoms in total. The minimum absolute atomic E-state index is 0.406. The Morgan fingerprint density at radius 2 is 2.50 bits per heavy atom. The average Bonchev–Trinajstić information content (AvgIpc) is 1.64. The smallest absolute Gasteiger partial charge is 0.152 e. The molecule has 41 valence electrons. The molecule has 1 aromatic heterocycles. The summed E-state index contributed by atoms with van der Waals surface area (Å²) < 4.78 is 12.8. The van der Waals surface area contributed by atoms with Crippen LogP contribution in [-0.2, 0) is 0 Å². The number of halogens is 2. The molecule has 1 aromatic rings. The van der Waals surface area contributed by atoms with Gasteiger partial charge in [-0.05, 0) is 28.7 Å². The number of nitrogens with zero attached hydrogens (tertiary/aromatic N) is 1. The van der Waals surface area contributed by atoms with Gasteiger partial charge in [-0.15, -0.1) is 0 Å². The zero-order valence-electron chi connectivity index (χ0n) is 3.86. The lowest BCUT2D eigenvalue weighted by Gasteiger charge is -1.84. The van der Waals surface area contributed by atoms with Crippen LogP contribution in [0.2, 0.25) is 0 Å². The summed E-state index contributed by atoms with van der Waals surface area (Å²) in [5.74, 6) is -0.406. The average molecular weight is 222 g/mol. The van der Waals surface area contributed by atoms with Crippen LogP contribution < -0.4 is 0 Å². The van der Waals surface area contributed by atoms with E-state index in [2.05, 4.69) is 11.2 Å². The van der Waals surface area contributed by atoms with Crippen molar-refractivity contribution >= 4 is 22.6 Å². The van der Waals surface area contributed by atoms with Gasteiger partial charge in [0.2, 0.25) is 0 Å². The maximum absolute atomic E-state index is 12.0. The van der Waals surface area contributed by atoms with Crippen molar-refractivity contribution in [1.82, 2.24) is 4.98 Å². The van der Waals surface area contributed by atoms with Crippen LogP contribution in [0, 0.1) is 15.6 Å². The van der Waals surface area contributed by atoms with Crippen molar-refractivity contribution < 1.29 is 4.39 Å². The molecule has 8 heavy (non-hydrogen) atoms. The molecular formula is C5H2FIN. The Morgan fingerprint density at radius 1 is 1.75 bits per heavy atom. The molecule has 0 amide bonds. The zero-order chi connectivity index (χ0) is 5.98. The maximum atomic E-state index is 12.0. The Hall–Kier alpha value is -0.190. The van der Waals surface area contributed by atoms with Gasteiger partial charge in [0.05, 0.1) is 0 Å². The van der Waals surface area contributed by atoms with E-state index in [1.54, 1.807) is 6.20 Å². The van der Waals surface area contributed by atoms with E-state index < -0.39 is 5.82 Å². The topological polar surface area (TPSA) is 12.9 Å². The molecule has 0 aliphatic carbocycles. The lowest BCUT2D eigenvalue weighted by molar-refractivity contribution is 0.617. The highest BCUT2D eigenvalue weighted by molar-refractivity contribution is 14.1. The summed E-state index contributed by atoms with van der Waals surface area (Å²) in [6.07, 6.45) is 3.70. The quantitative estimate of drug-likeness (QED) is 0.608. The molecule has 0 N–H and O–H groups in total. The minimum atomic E-state index is -0.406. The molecule has 1 radical (unpaired) electrons. The monoisotopic (exact) mass is 222 g/mol. The Kier molecular flexibility index (Phi) is 1.77. The van der Waals surface area contributed by atoms with Gasteiger partial charge < -0.3 is 0 Å². The van der Waals surface area contributed by atoms with Crippen molar-refractivity contribution in [3.63, 3.8) is 0 Å². The molecule has 1 rings (SSSR count). The molecule has 0 saturated carbocycles. The largest absolute Gasteiger partial charge is 0.250 e. The summed E-state index contributed by atoms with van der Waals surface area (Å²) in [5, 5.41) is 0. The van der Waals surface area contributed by atoms with Crippen molar-refractivity contribution in [2.45, 2.75) is 0 Å². The highest BCUT2D eigenvalue weighted by Crippen LogP contribution is 2.01. The van der Waals surface area contributed by atoms with Gasteiger partial charge in [-0.3, -0.25) is 4.98 Å². The van der Waals surface area contributed by atoms with Crippen LogP contribution in [0.3, 0.4) is 0 Å². The Labute approximate surface area is 60.1 Å². The first-order valence-corrected chi connectivity index (χ1v) is 3.05. The second-order valence-corrected chi connectivity index (χ2v) is 2.49. The summed E-state index contributed by atoms with van der Waals surface area (Å²) in [7, 11) is 0. The van der Waals surface area contributed by atoms with Gasteiger partial charge in [-0.1, -0.05) is 0 Å². The molecule has 1 heterocycles. The van der Waals surface area contributed by atoms with E-state index in [0.717, 1.165) is 3.57 Å². The lowest BCUT2D eigenvalue weighted by atomic mass is 10.5. The van der Waals surface area contributed by atoms with Crippen molar-refractivity contribution in [2.24, 2.45) is 0 Å². The van der Waals surface area contributed by atoms with Gasteiger partial charge in [0, 0.05) is 9.77 Å². The molecule has 0 bridgehead atoms. The van der Waals surface area contributed by atoms with Crippen LogP contribution in [0.25, 0.3) is 0 Å². The van der Waals surface area contributed by atoms with Gasteiger partial charge in [0.15, 0.2) is 5.82 Å². The third-order valence-corrected chi connectivity index (χ3v) is 1.21. The predicted molar refractivity (Wildman–Crippen MR) is 35.7 cm³/mol. The van der Waals surface area contributed by atoms with Crippen LogP contribution >= 0.6 is 22.6 Å². The lowest BCUT2D eigenvalue weighted by Crippen LogP contribution is -1.78. The molecule has 0 aliphatic rings. The van der Waals surface area contributed by atoms with Crippen LogP contribution in [-0.4, -0.2) is 4.98 Å². The molecular weight excluding hydrogens is 220 g/mol. The molecule has 0 spiro atoms. The fourth-order valence-electron chi connectivity index (χ4n) is 0.346. The van der Waals surface area contributed by atoms with Crippen LogP contribution in [0.5, 0.6) is 0 Å². The van der Waals surface area contributed by atoms with E-state index in [-0.39, 0.29) is 0 Å². The second-order valence-electron chi connectivity index (χ2n) is 1.25. The number of hydrogen-bond acceptors (Lipinski definition) is 1. The Morgan fingerprint density at radius 3 is 2.88 bits per heavy atom. The summed E-state index contributed by atoms with van der Waals surface area (Å²) in [6.45, 7) is 0. The summed E-state index contributed by atoms with van der Waals surface area (Å²) >= 11 is 1.98. The third-order valence-electron chi connectivity index (χ3n) is 0.624. The highest BCUT2D eigenvalue weighted by atomic mass is 127. The first-order valence-electron chi connectivity index (χ1n) is 1.98. The fraction of sp³-hybridized carbons (Fsp3) is 0. The first kappa shape index (κ1) is 5.94. The van der Waals surface area contributed by atoms with Gasteiger partial charge in [0.25, 0.3) is 0 Å². The molecule has 0 fully saturated rings. The minimum Gasteiger partial charge on any atom is -0.250 e. The summed E-state index contributed by atoms with van der Waals surface area (Å²) in [6, 6.07) is 1.37. The number of rotatable bonds is 0. The fourth-order valence-corrected chi connectivity index (χ4v) is 0.759. The highest BCUT2D eigenvalue weighted by Gasteiger charge is 1.88. The number of aromatic nitrogens is 1. The van der Waals surface area contributed by atoms with Gasteiger partial charge in [-0.25, -0.2) is 4.39 Å².